The second-order valence-electron chi connectivity index (χ2n) is 3.87. The summed E-state index contributed by atoms with van der Waals surface area (Å²) in [5.74, 6) is 0. The molecule has 0 unspecified atom stereocenters. The van der Waals surface area contributed by atoms with Crippen LogP contribution in [0.25, 0.3) is 0 Å². The highest BCUT2D eigenvalue weighted by molar-refractivity contribution is 5.25. The van der Waals surface area contributed by atoms with Gasteiger partial charge in [0.1, 0.15) is 0 Å². The fraction of sp³-hybridized carbons (Fsp3) is 0.500. The van der Waals surface area contributed by atoms with Crippen molar-refractivity contribution in [3.05, 3.63) is 38.8 Å². The Kier molecular flexibility index (Phi) is 3.00. The van der Waals surface area contributed by atoms with E-state index in [4.69, 9.17) is 0 Å². The van der Waals surface area contributed by atoms with Crippen LogP contribution in [0.5, 0.6) is 0 Å². The molecule has 86 valence electrons. The average molecular weight is 223 g/mol. The van der Waals surface area contributed by atoms with Gasteiger partial charge in [-0.25, -0.2) is 0 Å². The molecule has 0 bridgehead atoms. The highest BCUT2D eigenvalue weighted by atomic mass is 16.6. The van der Waals surface area contributed by atoms with Gasteiger partial charge in [-0.1, -0.05) is 0 Å². The maximum Gasteiger partial charge on any atom is 0.285 e. The zero-order chi connectivity index (χ0) is 11.5. The van der Waals surface area contributed by atoms with Crippen LogP contribution >= 0.6 is 0 Å². The molecule has 6 nitrogen and oxygen atoms in total. The molecule has 0 saturated carbocycles. The van der Waals surface area contributed by atoms with Crippen LogP contribution in [-0.2, 0) is 0 Å². The van der Waals surface area contributed by atoms with E-state index < -0.39 is 4.92 Å². The number of hydrogen-bond donors (Lipinski definition) is 1. The van der Waals surface area contributed by atoms with E-state index in [1.807, 2.05) is 0 Å². The van der Waals surface area contributed by atoms with Gasteiger partial charge < -0.3 is 9.88 Å². The van der Waals surface area contributed by atoms with Crippen molar-refractivity contribution in [3.8, 4) is 0 Å². The summed E-state index contributed by atoms with van der Waals surface area (Å²) in [5.41, 5.74) is -0.198. The third-order valence-corrected chi connectivity index (χ3v) is 2.84. The van der Waals surface area contributed by atoms with Crippen molar-refractivity contribution >= 4 is 5.69 Å². The summed E-state index contributed by atoms with van der Waals surface area (Å²) in [6, 6.07) is 2.59. The molecular formula is C10H13N3O3. The van der Waals surface area contributed by atoms with Crippen molar-refractivity contribution < 1.29 is 4.92 Å². The lowest BCUT2D eigenvalue weighted by atomic mass is 10.1. The molecule has 0 amide bonds. The SMILES string of the molecule is O=c1ccc([N+](=O)[O-])cn1C1CCNCC1. The monoisotopic (exact) mass is 223 g/mol. The number of aromatic nitrogens is 1. The van der Waals surface area contributed by atoms with Crippen molar-refractivity contribution in [2.75, 3.05) is 13.1 Å². The molecule has 1 aromatic heterocycles. The number of hydrogen-bond acceptors (Lipinski definition) is 4. The third kappa shape index (κ3) is 2.11. The summed E-state index contributed by atoms with van der Waals surface area (Å²) in [4.78, 5) is 21.8. The van der Waals surface area contributed by atoms with E-state index in [0.717, 1.165) is 25.9 Å². The standard InChI is InChI=1S/C10H13N3O3/c14-10-2-1-9(13(15)16)7-12(10)8-3-5-11-6-4-8/h1-2,7-8,11H,3-6H2. The van der Waals surface area contributed by atoms with Crippen LogP contribution in [0.4, 0.5) is 5.69 Å². The summed E-state index contributed by atoms with van der Waals surface area (Å²) >= 11 is 0. The Morgan fingerprint density at radius 2 is 2.06 bits per heavy atom. The fourth-order valence-corrected chi connectivity index (χ4v) is 1.97. The van der Waals surface area contributed by atoms with Crippen molar-refractivity contribution in [3.63, 3.8) is 0 Å². The fourth-order valence-electron chi connectivity index (χ4n) is 1.97. The molecule has 0 spiro atoms. The maximum atomic E-state index is 11.6. The van der Waals surface area contributed by atoms with Gasteiger partial charge in [0.15, 0.2) is 0 Å². The van der Waals surface area contributed by atoms with E-state index in [1.54, 1.807) is 0 Å². The first-order chi connectivity index (χ1) is 7.68. The van der Waals surface area contributed by atoms with Crippen LogP contribution in [-0.4, -0.2) is 22.6 Å². The van der Waals surface area contributed by atoms with E-state index in [-0.39, 0.29) is 17.3 Å². The number of rotatable bonds is 2. The molecule has 1 aromatic rings. The zero-order valence-corrected chi connectivity index (χ0v) is 8.76. The lowest BCUT2D eigenvalue weighted by molar-refractivity contribution is -0.385. The Morgan fingerprint density at radius 3 is 2.69 bits per heavy atom. The molecule has 16 heavy (non-hydrogen) atoms. The number of nitro groups is 1. The second-order valence-corrected chi connectivity index (χ2v) is 3.87. The Morgan fingerprint density at radius 1 is 1.38 bits per heavy atom. The van der Waals surface area contributed by atoms with Crippen LogP contribution in [0.1, 0.15) is 18.9 Å². The molecule has 1 aliphatic heterocycles. The summed E-state index contributed by atoms with van der Waals surface area (Å²) < 4.78 is 1.49. The van der Waals surface area contributed by atoms with Crippen molar-refractivity contribution in [1.82, 2.24) is 9.88 Å². The van der Waals surface area contributed by atoms with Crippen LogP contribution < -0.4 is 10.9 Å². The Hall–Kier alpha value is -1.69. The minimum Gasteiger partial charge on any atom is -0.317 e. The number of nitrogens with one attached hydrogen (secondary N) is 1. The van der Waals surface area contributed by atoms with E-state index in [1.165, 1.54) is 22.9 Å². The highest BCUT2D eigenvalue weighted by Gasteiger charge is 2.18. The number of piperidine rings is 1. The van der Waals surface area contributed by atoms with Gasteiger partial charge in [0.25, 0.3) is 11.2 Å². The molecule has 1 N–H and O–H groups in total. The second kappa shape index (κ2) is 4.44. The first kappa shape index (κ1) is 10.8. The summed E-state index contributed by atoms with van der Waals surface area (Å²) in [6.45, 7) is 1.69. The Balaban J connectivity index is 2.34. The molecule has 1 fully saturated rings. The predicted molar refractivity (Wildman–Crippen MR) is 58.5 cm³/mol. The quantitative estimate of drug-likeness (QED) is 0.590. The highest BCUT2D eigenvalue weighted by Crippen LogP contribution is 2.18. The summed E-state index contributed by atoms with van der Waals surface area (Å²) in [7, 11) is 0. The van der Waals surface area contributed by atoms with Gasteiger partial charge in [-0.2, -0.15) is 0 Å². The number of nitrogens with zero attached hydrogens (tertiary/aromatic N) is 2. The molecular weight excluding hydrogens is 210 g/mol. The van der Waals surface area contributed by atoms with Crippen molar-refractivity contribution in [2.45, 2.75) is 18.9 Å². The summed E-state index contributed by atoms with van der Waals surface area (Å²) in [5, 5.41) is 13.8. The minimum absolute atomic E-state index is 0.0295. The first-order valence-electron chi connectivity index (χ1n) is 5.26. The van der Waals surface area contributed by atoms with Gasteiger partial charge in [0.2, 0.25) is 0 Å². The zero-order valence-electron chi connectivity index (χ0n) is 8.76. The number of pyridine rings is 1. The molecule has 2 heterocycles. The molecule has 0 aromatic carbocycles. The van der Waals surface area contributed by atoms with Gasteiger partial charge in [0.05, 0.1) is 11.1 Å². The first-order valence-corrected chi connectivity index (χ1v) is 5.26. The van der Waals surface area contributed by atoms with Crippen LogP contribution in [0, 0.1) is 10.1 Å². The molecule has 2 rings (SSSR count). The van der Waals surface area contributed by atoms with E-state index in [9.17, 15) is 14.9 Å². The molecule has 1 saturated heterocycles. The Labute approximate surface area is 92.0 Å². The molecule has 0 aliphatic carbocycles. The van der Waals surface area contributed by atoms with Gasteiger partial charge in [0, 0.05) is 18.2 Å². The van der Waals surface area contributed by atoms with Crippen LogP contribution in [0.15, 0.2) is 23.1 Å². The van der Waals surface area contributed by atoms with Crippen LogP contribution in [0.3, 0.4) is 0 Å². The van der Waals surface area contributed by atoms with Crippen molar-refractivity contribution in [1.29, 1.82) is 0 Å². The maximum absolute atomic E-state index is 11.6. The average Bonchev–Trinajstić information content (AvgIpc) is 2.30. The van der Waals surface area contributed by atoms with E-state index >= 15 is 0 Å². The normalized spacial score (nSPS) is 17.2. The smallest absolute Gasteiger partial charge is 0.285 e. The van der Waals surface area contributed by atoms with Gasteiger partial charge in [-0.05, 0) is 25.9 Å². The largest absolute Gasteiger partial charge is 0.317 e. The third-order valence-electron chi connectivity index (χ3n) is 2.84. The van der Waals surface area contributed by atoms with Crippen LogP contribution in [0.2, 0.25) is 0 Å². The topological polar surface area (TPSA) is 77.2 Å². The molecule has 6 heteroatoms. The predicted octanol–water partition coefficient (Wildman–Crippen LogP) is 0.681. The minimum atomic E-state index is -0.475. The molecule has 0 atom stereocenters. The van der Waals surface area contributed by atoms with Gasteiger partial charge in [-0.3, -0.25) is 14.9 Å². The van der Waals surface area contributed by atoms with Crippen molar-refractivity contribution in [2.24, 2.45) is 0 Å². The molecule has 1 aliphatic rings. The lowest BCUT2D eigenvalue weighted by Gasteiger charge is -2.24. The Bertz CT molecular complexity index is 449. The van der Waals surface area contributed by atoms with E-state index in [0.29, 0.717) is 0 Å². The van der Waals surface area contributed by atoms with Gasteiger partial charge >= 0.3 is 0 Å². The van der Waals surface area contributed by atoms with Gasteiger partial charge in [-0.15, -0.1) is 0 Å². The lowest BCUT2D eigenvalue weighted by Crippen LogP contribution is -2.33. The molecule has 0 radical (unpaired) electrons. The summed E-state index contributed by atoms with van der Waals surface area (Å²) in [6.07, 6.45) is 3.01. The van der Waals surface area contributed by atoms with E-state index in [2.05, 4.69) is 5.32 Å².